The molecule has 0 spiro atoms. The second-order valence-corrected chi connectivity index (χ2v) is 6.42. The molecule has 4 nitrogen and oxygen atoms in total. The molecular weight excluding hydrogens is 298 g/mol. The molecule has 2 rings (SSSR count). The first-order valence-corrected chi connectivity index (χ1v) is 8.01. The SMILES string of the molecule is CS(=O)(=O)Nc1ccc(C(=O)c2ccccc2Cl)cc1. The van der Waals surface area contributed by atoms with Crippen LogP contribution < -0.4 is 4.72 Å². The van der Waals surface area contributed by atoms with Crippen molar-refractivity contribution < 1.29 is 13.2 Å². The van der Waals surface area contributed by atoms with Crippen LogP contribution in [0.3, 0.4) is 0 Å². The monoisotopic (exact) mass is 309 g/mol. The average molecular weight is 310 g/mol. The summed E-state index contributed by atoms with van der Waals surface area (Å²) >= 11 is 5.97. The van der Waals surface area contributed by atoms with Gasteiger partial charge in [0.15, 0.2) is 5.78 Å². The standard InChI is InChI=1S/C14H12ClNO3S/c1-20(18,19)16-11-8-6-10(7-9-11)14(17)12-4-2-3-5-13(12)15/h2-9,16H,1H3. The molecular formula is C14H12ClNO3S. The molecule has 0 fully saturated rings. The zero-order valence-electron chi connectivity index (χ0n) is 10.6. The van der Waals surface area contributed by atoms with Gasteiger partial charge in [-0.25, -0.2) is 8.42 Å². The van der Waals surface area contributed by atoms with E-state index in [2.05, 4.69) is 4.72 Å². The molecule has 0 aliphatic heterocycles. The maximum absolute atomic E-state index is 12.2. The molecule has 0 radical (unpaired) electrons. The van der Waals surface area contributed by atoms with Crippen molar-refractivity contribution in [3.05, 3.63) is 64.7 Å². The molecule has 0 aromatic heterocycles. The van der Waals surface area contributed by atoms with Crippen molar-refractivity contribution in [2.24, 2.45) is 0 Å². The summed E-state index contributed by atoms with van der Waals surface area (Å²) in [7, 11) is -3.33. The zero-order chi connectivity index (χ0) is 14.8. The largest absolute Gasteiger partial charge is 0.289 e. The van der Waals surface area contributed by atoms with E-state index in [1.807, 2.05) is 0 Å². The normalized spacial score (nSPS) is 11.1. The van der Waals surface area contributed by atoms with E-state index in [1.54, 1.807) is 36.4 Å². The van der Waals surface area contributed by atoms with E-state index >= 15 is 0 Å². The Morgan fingerprint density at radius 2 is 1.65 bits per heavy atom. The van der Waals surface area contributed by atoms with Crippen LogP contribution in [0.4, 0.5) is 5.69 Å². The van der Waals surface area contributed by atoms with Crippen LogP contribution in [0.15, 0.2) is 48.5 Å². The van der Waals surface area contributed by atoms with E-state index in [1.165, 1.54) is 12.1 Å². The van der Waals surface area contributed by atoms with Crippen LogP contribution in [0.2, 0.25) is 5.02 Å². The molecule has 0 atom stereocenters. The lowest BCUT2D eigenvalue weighted by molar-refractivity contribution is 0.103. The first kappa shape index (κ1) is 14.6. The van der Waals surface area contributed by atoms with Crippen molar-refractivity contribution >= 4 is 33.1 Å². The van der Waals surface area contributed by atoms with Crippen molar-refractivity contribution in [2.45, 2.75) is 0 Å². The Morgan fingerprint density at radius 3 is 2.20 bits per heavy atom. The minimum absolute atomic E-state index is 0.207. The number of hydrogen-bond donors (Lipinski definition) is 1. The fourth-order valence-corrected chi connectivity index (χ4v) is 2.49. The minimum atomic E-state index is -3.33. The lowest BCUT2D eigenvalue weighted by Crippen LogP contribution is -2.09. The van der Waals surface area contributed by atoms with Crippen LogP contribution in [0.1, 0.15) is 15.9 Å². The fraction of sp³-hybridized carbons (Fsp3) is 0.0714. The van der Waals surface area contributed by atoms with Gasteiger partial charge in [0.2, 0.25) is 10.0 Å². The van der Waals surface area contributed by atoms with Gasteiger partial charge in [0.25, 0.3) is 0 Å². The summed E-state index contributed by atoms with van der Waals surface area (Å²) in [5.74, 6) is -0.207. The molecule has 104 valence electrons. The molecule has 2 aromatic carbocycles. The number of rotatable bonds is 4. The molecule has 0 amide bonds. The van der Waals surface area contributed by atoms with Crippen molar-refractivity contribution in [1.82, 2.24) is 0 Å². The molecule has 6 heteroatoms. The van der Waals surface area contributed by atoms with E-state index in [4.69, 9.17) is 11.6 Å². The Hall–Kier alpha value is -1.85. The van der Waals surface area contributed by atoms with Gasteiger partial charge in [-0.2, -0.15) is 0 Å². The molecule has 2 aromatic rings. The molecule has 0 saturated carbocycles. The number of carbonyl (C=O) groups is 1. The van der Waals surface area contributed by atoms with Crippen molar-refractivity contribution in [1.29, 1.82) is 0 Å². The highest BCUT2D eigenvalue weighted by Gasteiger charge is 2.12. The number of nitrogens with one attached hydrogen (secondary N) is 1. The Labute approximate surface area is 122 Å². The number of benzene rings is 2. The minimum Gasteiger partial charge on any atom is -0.289 e. The van der Waals surface area contributed by atoms with Crippen molar-refractivity contribution in [2.75, 3.05) is 11.0 Å². The quantitative estimate of drug-likeness (QED) is 0.883. The van der Waals surface area contributed by atoms with E-state index in [0.29, 0.717) is 21.8 Å². The van der Waals surface area contributed by atoms with Crippen LogP contribution in [-0.2, 0) is 10.0 Å². The van der Waals surface area contributed by atoms with E-state index in [-0.39, 0.29) is 5.78 Å². The summed E-state index contributed by atoms with van der Waals surface area (Å²) in [6, 6.07) is 13.0. The molecule has 0 aliphatic rings. The lowest BCUT2D eigenvalue weighted by atomic mass is 10.0. The maximum Gasteiger partial charge on any atom is 0.229 e. The first-order valence-electron chi connectivity index (χ1n) is 5.74. The number of anilines is 1. The third kappa shape index (κ3) is 3.59. The Balaban J connectivity index is 2.27. The van der Waals surface area contributed by atoms with Gasteiger partial charge in [-0.05, 0) is 36.4 Å². The summed E-state index contributed by atoms with van der Waals surface area (Å²) in [4.78, 5) is 12.2. The third-order valence-corrected chi connectivity index (χ3v) is 3.50. The Morgan fingerprint density at radius 1 is 1.05 bits per heavy atom. The van der Waals surface area contributed by atoms with Crippen molar-refractivity contribution in [3.63, 3.8) is 0 Å². The topological polar surface area (TPSA) is 63.2 Å². The first-order chi connectivity index (χ1) is 9.37. The number of carbonyl (C=O) groups excluding carboxylic acids is 1. The van der Waals surface area contributed by atoms with E-state index in [0.717, 1.165) is 6.26 Å². The van der Waals surface area contributed by atoms with Crippen LogP contribution >= 0.6 is 11.6 Å². The smallest absolute Gasteiger partial charge is 0.229 e. The van der Waals surface area contributed by atoms with Crippen LogP contribution in [0, 0.1) is 0 Å². The highest BCUT2D eigenvalue weighted by atomic mass is 35.5. The van der Waals surface area contributed by atoms with Gasteiger partial charge in [-0.1, -0.05) is 23.7 Å². The third-order valence-electron chi connectivity index (χ3n) is 2.57. The average Bonchev–Trinajstić information content (AvgIpc) is 2.37. The van der Waals surface area contributed by atoms with Gasteiger partial charge in [0.1, 0.15) is 0 Å². The van der Waals surface area contributed by atoms with Gasteiger partial charge >= 0.3 is 0 Å². The number of sulfonamides is 1. The van der Waals surface area contributed by atoms with Gasteiger partial charge in [-0.3, -0.25) is 9.52 Å². The Bertz CT molecular complexity index is 739. The Kier molecular flexibility index (Phi) is 4.11. The lowest BCUT2D eigenvalue weighted by Gasteiger charge is -2.06. The molecule has 0 aliphatic carbocycles. The van der Waals surface area contributed by atoms with Crippen molar-refractivity contribution in [3.8, 4) is 0 Å². The predicted molar refractivity (Wildman–Crippen MR) is 79.8 cm³/mol. The van der Waals surface area contributed by atoms with Gasteiger partial charge in [-0.15, -0.1) is 0 Å². The second kappa shape index (κ2) is 5.64. The summed E-state index contributed by atoms with van der Waals surface area (Å²) in [5.41, 5.74) is 1.26. The van der Waals surface area contributed by atoms with E-state index < -0.39 is 10.0 Å². The van der Waals surface area contributed by atoms with E-state index in [9.17, 15) is 13.2 Å². The molecule has 1 N–H and O–H groups in total. The summed E-state index contributed by atoms with van der Waals surface area (Å²) in [5, 5.41) is 0.385. The maximum atomic E-state index is 12.2. The summed E-state index contributed by atoms with van der Waals surface area (Å²) in [6.07, 6.45) is 1.07. The zero-order valence-corrected chi connectivity index (χ0v) is 12.2. The predicted octanol–water partition coefficient (Wildman–Crippen LogP) is 2.94. The summed E-state index contributed by atoms with van der Waals surface area (Å²) < 4.78 is 24.5. The number of halogens is 1. The summed E-state index contributed by atoms with van der Waals surface area (Å²) in [6.45, 7) is 0. The van der Waals surface area contributed by atoms with Gasteiger partial charge in [0, 0.05) is 16.8 Å². The second-order valence-electron chi connectivity index (χ2n) is 4.26. The number of ketones is 1. The van der Waals surface area contributed by atoms with Crippen LogP contribution in [0.5, 0.6) is 0 Å². The van der Waals surface area contributed by atoms with Crippen LogP contribution in [-0.4, -0.2) is 20.5 Å². The molecule has 0 heterocycles. The highest BCUT2D eigenvalue weighted by Crippen LogP contribution is 2.20. The number of hydrogen-bond acceptors (Lipinski definition) is 3. The van der Waals surface area contributed by atoms with Gasteiger partial charge in [0.05, 0.1) is 11.3 Å². The molecule has 0 unspecified atom stereocenters. The highest BCUT2D eigenvalue weighted by molar-refractivity contribution is 7.92. The fourth-order valence-electron chi connectivity index (χ4n) is 1.70. The molecule has 0 saturated heterocycles. The molecule has 20 heavy (non-hydrogen) atoms. The molecule has 0 bridgehead atoms. The van der Waals surface area contributed by atoms with Gasteiger partial charge < -0.3 is 0 Å². The van der Waals surface area contributed by atoms with Crippen LogP contribution in [0.25, 0.3) is 0 Å².